The topological polar surface area (TPSA) is 37.3 Å². The van der Waals surface area contributed by atoms with Crippen LogP contribution in [0.25, 0.3) is 0 Å². The van der Waals surface area contributed by atoms with Crippen LogP contribution in [0, 0.1) is 11.3 Å². The number of rotatable bonds is 4. The van der Waals surface area contributed by atoms with Gasteiger partial charge in [0, 0.05) is 0 Å². The maximum atomic E-state index is 12.6. The van der Waals surface area contributed by atoms with E-state index in [1.54, 1.807) is 12.2 Å². The molecule has 0 aromatic heterocycles. The quantitative estimate of drug-likeness (QED) is 0.771. The van der Waals surface area contributed by atoms with Crippen LogP contribution in [0.5, 0.6) is 0 Å². The SMILES string of the molecule is CCC(CC(F)(F)F)(C(=O)O)C1C=CCCC1. The van der Waals surface area contributed by atoms with Gasteiger partial charge >= 0.3 is 12.1 Å². The number of allylic oxidation sites excluding steroid dienone is 2. The second-order valence-corrected chi connectivity index (χ2v) is 4.57. The molecule has 0 aromatic carbocycles. The lowest BCUT2D eigenvalue weighted by molar-refractivity contribution is -0.185. The number of carboxylic acids is 1. The van der Waals surface area contributed by atoms with Crippen molar-refractivity contribution in [2.24, 2.45) is 11.3 Å². The van der Waals surface area contributed by atoms with Crippen LogP contribution in [0.4, 0.5) is 13.2 Å². The smallest absolute Gasteiger partial charge is 0.390 e. The van der Waals surface area contributed by atoms with E-state index in [9.17, 15) is 23.1 Å². The van der Waals surface area contributed by atoms with Crippen LogP contribution in [0.2, 0.25) is 0 Å². The molecule has 98 valence electrons. The minimum absolute atomic E-state index is 0.00312. The van der Waals surface area contributed by atoms with E-state index in [1.165, 1.54) is 6.92 Å². The Morgan fingerprint density at radius 1 is 1.47 bits per heavy atom. The summed E-state index contributed by atoms with van der Waals surface area (Å²) < 4.78 is 37.7. The summed E-state index contributed by atoms with van der Waals surface area (Å²) in [5.74, 6) is -1.85. The van der Waals surface area contributed by atoms with Crippen molar-refractivity contribution < 1.29 is 23.1 Å². The maximum Gasteiger partial charge on any atom is 0.390 e. The number of alkyl halides is 3. The van der Waals surface area contributed by atoms with E-state index >= 15 is 0 Å². The molecule has 1 rings (SSSR count). The molecule has 5 heteroatoms. The molecule has 1 aliphatic carbocycles. The first-order chi connectivity index (χ1) is 7.82. The largest absolute Gasteiger partial charge is 0.481 e. The third kappa shape index (κ3) is 3.23. The molecule has 0 fully saturated rings. The van der Waals surface area contributed by atoms with Gasteiger partial charge in [0.1, 0.15) is 0 Å². The highest BCUT2D eigenvalue weighted by atomic mass is 19.4. The van der Waals surface area contributed by atoms with Gasteiger partial charge in [-0.3, -0.25) is 4.79 Å². The molecule has 2 atom stereocenters. The summed E-state index contributed by atoms with van der Waals surface area (Å²) in [6.45, 7) is 1.52. The highest BCUT2D eigenvalue weighted by Crippen LogP contribution is 2.46. The summed E-state index contributed by atoms with van der Waals surface area (Å²) in [6.07, 6.45) is -0.162. The monoisotopic (exact) mass is 250 g/mol. The Balaban J connectivity index is 3.03. The van der Waals surface area contributed by atoms with Crippen molar-refractivity contribution in [2.45, 2.75) is 45.2 Å². The van der Waals surface area contributed by atoms with Gasteiger partial charge < -0.3 is 5.11 Å². The van der Waals surface area contributed by atoms with Crippen molar-refractivity contribution in [3.05, 3.63) is 12.2 Å². The molecule has 0 aromatic rings. The van der Waals surface area contributed by atoms with Gasteiger partial charge in [-0.1, -0.05) is 19.1 Å². The van der Waals surface area contributed by atoms with Gasteiger partial charge in [-0.25, -0.2) is 0 Å². The van der Waals surface area contributed by atoms with Crippen LogP contribution < -0.4 is 0 Å². The Bertz CT molecular complexity index is 309. The zero-order valence-corrected chi connectivity index (χ0v) is 9.76. The standard InChI is InChI=1S/C12H17F3O2/c1-2-11(10(16)17,8-12(13,14)15)9-6-4-3-5-7-9/h4,6,9H,2-3,5,7-8H2,1H3,(H,16,17). The van der Waals surface area contributed by atoms with Gasteiger partial charge in [0.2, 0.25) is 0 Å². The summed E-state index contributed by atoms with van der Waals surface area (Å²) in [7, 11) is 0. The van der Waals surface area contributed by atoms with Crippen molar-refractivity contribution in [1.29, 1.82) is 0 Å². The average molecular weight is 250 g/mol. The van der Waals surface area contributed by atoms with E-state index in [-0.39, 0.29) is 6.42 Å². The minimum atomic E-state index is -4.44. The number of carboxylic acid groups (broad SMARTS) is 1. The second-order valence-electron chi connectivity index (χ2n) is 4.57. The molecule has 0 radical (unpaired) electrons. The van der Waals surface area contributed by atoms with Crippen LogP contribution in [-0.4, -0.2) is 17.3 Å². The first-order valence-electron chi connectivity index (χ1n) is 5.78. The summed E-state index contributed by atoms with van der Waals surface area (Å²) in [6, 6.07) is 0. The fourth-order valence-electron chi connectivity index (χ4n) is 2.53. The first-order valence-corrected chi connectivity index (χ1v) is 5.78. The van der Waals surface area contributed by atoms with Crippen molar-refractivity contribution in [1.82, 2.24) is 0 Å². The van der Waals surface area contributed by atoms with Gasteiger partial charge in [0.05, 0.1) is 11.8 Å². The van der Waals surface area contributed by atoms with Crippen molar-refractivity contribution in [2.75, 3.05) is 0 Å². The highest BCUT2D eigenvalue weighted by molar-refractivity contribution is 5.75. The van der Waals surface area contributed by atoms with E-state index < -0.39 is 29.9 Å². The zero-order chi connectivity index (χ0) is 13.1. The van der Waals surface area contributed by atoms with E-state index in [0.717, 1.165) is 12.8 Å². The summed E-state index contributed by atoms with van der Waals surface area (Å²) in [4.78, 5) is 11.3. The number of hydrogen-bond donors (Lipinski definition) is 1. The van der Waals surface area contributed by atoms with Gasteiger partial charge in [-0.2, -0.15) is 13.2 Å². The predicted octanol–water partition coefficient (Wildman–Crippen LogP) is 3.78. The fraction of sp³-hybridized carbons (Fsp3) is 0.750. The van der Waals surface area contributed by atoms with E-state index in [1.807, 2.05) is 0 Å². The van der Waals surface area contributed by atoms with Crippen LogP contribution in [0.1, 0.15) is 39.0 Å². The molecule has 17 heavy (non-hydrogen) atoms. The molecule has 0 aliphatic heterocycles. The summed E-state index contributed by atoms with van der Waals surface area (Å²) in [5, 5.41) is 9.21. The van der Waals surface area contributed by atoms with Gasteiger partial charge in [0.15, 0.2) is 0 Å². The van der Waals surface area contributed by atoms with Crippen LogP contribution in [0.3, 0.4) is 0 Å². The number of hydrogen-bond acceptors (Lipinski definition) is 1. The summed E-state index contributed by atoms with van der Waals surface area (Å²) in [5.41, 5.74) is -1.70. The van der Waals surface area contributed by atoms with Crippen LogP contribution >= 0.6 is 0 Å². The third-order valence-electron chi connectivity index (χ3n) is 3.54. The molecule has 1 aliphatic rings. The Labute approximate surface area is 98.5 Å². The van der Waals surface area contributed by atoms with Crippen molar-refractivity contribution in [3.63, 3.8) is 0 Å². The maximum absolute atomic E-state index is 12.6. The Kier molecular flexibility index (Phi) is 4.22. The van der Waals surface area contributed by atoms with Crippen LogP contribution in [-0.2, 0) is 4.79 Å². The minimum Gasteiger partial charge on any atom is -0.481 e. The molecule has 0 bridgehead atoms. The van der Waals surface area contributed by atoms with Crippen LogP contribution in [0.15, 0.2) is 12.2 Å². The molecule has 1 N–H and O–H groups in total. The molecule has 2 nitrogen and oxygen atoms in total. The summed E-state index contributed by atoms with van der Waals surface area (Å²) >= 11 is 0. The third-order valence-corrected chi connectivity index (χ3v) is 3.54. The van der Waals surface area contributed by atoms with Gasteiger partial charge in [0.25, 0.3) is 0 Å². The average Bonchev–Trinajstić information content (AvgIpc) is 2.25. The Hall–Kier alpha value is -1.00. The van der Waals surface area contributed by atoms with Gasteiger partial charge in [-0.05, 0) is 31.6 Å². The van der Waals surface area contributed by atoms with Crippen molar-refractivity contribution >= 4 is 5.97 Å². The molecule has 0 saturated carbocycles. The lowest BCUT2D eigenvalue weighted by Gasteiger charge is -2.36. The lowest BCUT2D eigenvalue weighted by atomic mass is 9.67. The van der Waals surface area contributed by atoms with Crippen molar-refractivity contribution in [3.8, 4) is 0 Å². The number of halogens is 3. The first kappa shape index (κ1) is 14.1. The number of aliphatic carboxylic acids is 1. The molecule has 2 unspecified atom stereocenters. The van der Waals surface area contributed by atoms with E-state index in [0.29, 0.717) is 6.42 Å². The lowest BCUT2D eigenvalue weighted by Crippen LogP contribution is -2.42. The van der Waals surface area contributed by atoms with Gasteiger partial charge in [-0.15, -0.1) is 0 Å². The van der Waals surface area contributed by atoms with E-state index in [4.69, 9.17) is 0 Å². The highest BCUT2D eigenvalue weighted by Gasteiger charge is 2.50. The second kappa shape index (κ2) is 5.10. The molecule has 0 spiro atoms. The zero-order valence-electron chi connectivity index (χ0n) is 9.76. The molecule has 0 heterocycles. The normalized spacial score (nSPS) is 24.4. The molecular formula is C12H17F3O2. The predicted molar refractivity (Wildman–Crippen MR) is 57.5 cm³/mol. The van der Waals surface area contributed by atoms with E-state index in [2.05, 4.69) is 0 Å². The Morgan fingerprint density at radius 2 is 2.12 bits per heavy atom. The molecule has 0 saturated heterocycles. The molecular weight excluding hydrogens is 233 g/mol. The Morgan fingerprint density at radius 3 is 2.47 bits per heavy atom. The fourth-order valence-corrected chi connectivity index (χ4v) is 2.53. The number of carbonyl (C=O) groups is 1. The molecule has 0 amide bonds.